The number of benzene rings is 1. The number of rotatable bonds is 4. The van der Waals surface area contributed by atoms with Crippen LogP contribution in [0.15, 0.2) is 52.1 Å². The van der Waals surface area contributed by atoms with Crippen LogP contribution in [0, 0.1) is 0 Å². The third-order valence-corrected chi connectivity index (χ3v) is 5.25. The van der Waals surface area contributed by atoms with Gasteiger partial charge in [0.05, 0.1) is 11.4 Å². The lowest BCUT2D eigenvalue weighted by molar-refractivity contribution is 0.592. The fraction of sp³-hybridized carbons (Fsp3) is 0.154. The molecular formula is C13H14BrN3O2S. The highest BCUT2D eigenvalue weighted by atomic mass is 79.9. The standard InChI is InChI=1S/C13H14BrN3O2S/c1-2-17(11-5-7-16-8-6-11)20(18,19)13-4-3-10(14)9-12(13)15/h3-9H,2,15H2,1H3. The van der Waals surface area contributed by atoms with Gasteiger partial charge in [-0.2, -0.15) is 0 Å². The molecule has 0 aliphatic heterocycles. The maximum Gasteiger partial charge on any atom is 0.266 e. The molecule has 2 rings (SSSR count). The van der Waals surface area contributed by atoms with E-state index >= 15 is 0 Å². The van der Waals surface area contributed by atoms with Crippen molar-refractivity contribution in [3.05, 3.63) is 47.2 Å². The first-order valence-corrected chi connectivity index (χ1v) is 8.18. The van der Waals surface area contributed by atoms with Crippen LogP contribution in [0.2, 0.25) is 0 Å². The van der Waals surface area contributed by atoms with Crippen LogP contribution in [0.4, 0.5) is 11.4 Å². The minimum Gasteiger partial charge on any atom is -0.398 e. The van der Waals surface area contributed by atoms with E-state index in [2.05, 4.69) is 20.9 Å². The van der Waals surface area contributed by atoms with E-state index in [0.717, 1.165) is 4.47 Å². The summed E-state index contributed by atoms with van der Waals surface area (Å²) >= 11 is 3.27. The molecule has 0 bridgehead atoms. The molecule has 1 aromatic carbocycles. The molecule has 7 heteroatoms. The maximum atomic E-state index is 12.7. The van der Waals surface area contributed by atoms with Gasteiger partial charge in [0.15, 0.2) is 0 Å². The number of hydrogen-bond donors (Lipinski definition) is 1. The Morgan fingerprint density at radius 2 is 1.90 bits per heavy atom. The van der Waals surface area contributed by atoms with E-state index in [-0.39, 0.29) is 10.6 Å². The van der Waals surface area contributed by atoms with Gasteiger partial charge in [-0.1, -0.05) is 15.9 Å². The van der Waals surface area contributed by atoms with Crippen molar-refractivity contribution in [2.45, 2.75) is 11.8 Å². The van der Waals surface area contributed by atoms with Crippen LogP contribution in [-0.2, 0) is 10.0 Å². The average molecular weight is 356 g/mol. The van der Waals surface area contributed by atoms with E-state index in [0.29, 0.717) is 12.2 Å². The van der Waals surface area contributed by atoms with Gasteiger partial charge in [0, 0.05) is 23.4 Å². The Labute approximate surface area is 126 Å². The van der Waals surface area contributed by atoms with Crippen LogP contribution in [0.1, 0.15) is 6.92 Å². The first kappa shape index (κ1) is 14.8. The third-order valence-electron chi connectivity index (χ3n) is 2.78. The summed E-state index contributed by atoms with van der Waals surface area (Å²) in [7, 11) is -3.69. The van der Waals surface area contributed by atoms with Crippen molar-refractivity contribution in [1.29, 1.82) is 0 Å². The fourth-order valence-electron chi connectivity index (χ4n) is 1.87. The number of sulfonamides is 1. The average Bonchev–Trinajstić information content (AvgIpc) is 2.40. The summed E-state index contributed by atoms with van der Waals surface area (Å²) in [6.45, 7) is 2.08. The van der Waals surface area contributed by atoms with E-state index in [1.54, 1.807) is 43.6 Å². The van der Waals surface area contributed by atoms with Gasteiger partial charge >= 0.3 is 0 Å². The number of nitrogens with zero attached hydrogens (tertiary/aromatic N) is 2. The van der Waals surface area contributed by atoms with Crippen LogP contribution in [-0.4, -0.2) is 19.9 Å². The van der Waals surface area contributed by atoms with E-state index < -0.39 is 10.0 Å². The summed E-state index contributed by atoms with van der Waals surface area (Å²) < 4.78 is 27.4. The second kappa shape index (κ2) is 5.80. The van der Waals surface area contributed by atoms with Crippen LogP contribution in [0.25, 0.3) is 0 Å². The molecular weight excluding hydrogens is 342 g/mol. The lowest BCUT2D eigenvalue weighted by Gasteiger charge is -2.23. The minimum absolute atomic E-state index is 0.0966. The van der Waals surface area contributed by atoms with Crippen LogP contribution in [0.3, 0.4) is 0 Å². The number of aromatic nitrogens is 1. The van der Waals surface area contributed by atoms with Gasteiger partial charge in [-0.05, 0) is 37.3 Å². The smallest absolute Gasteiger partial charge is 0.266 e. The molecule has 0 amide bonds. The highest BCUT2D eigenvalue weighted by Gasteiger charge is 2.25. The van der Waals surface area contributed by atoms with Crippen molar-refractivity contribution >= 4 is 37.3 Å². The summed E-state index contributed by atoms with van der Waals surface area (Å²) in [5.41, 5.74) is 6.60. The van der Waals surface area contributed by atoms with Crippen molar-refractivity contribution in [3.8, 4) is 0 Å². The summed E-state index contributed by atoms with van der Waals surface area (Å²) in [4.78, 5) is 3.99. The highest BCUT2D eigenvalue weighted by molar-refractivity contribution is 9.10. The quantitative estimate of drug-likeness (QED) is 0.855. The summed E-state index contributed by atoms with van der Waals surface area (Å²) in [5.74, 6) is 0. The molecule has 0 saturated heterocycles. The Balaban J connectivity index is 2.53. The molecule has 0 aliphatic rings. The minimum atomic E-state index is -3.69. The van der Waals surface area contributed by atoms with Crippen LogP contribution < -0.4 is 10.0 Å². The van der Waals surface area contributed by atoms with Gasteiger partial charge in [-0.3, -0.25) is 9.29 Å². The lowest BCUT2D eigenvalue weighted by Crippen LogP contribution is -2.31. The number of halogens is 1. The van der Waals surface area contributed by atoms with E-state index in [1.165, 1.54) is 10.4 Å². The number of nitrogen functional groups attached to an aromatic ring is 1. The Bertz CT molecular complexity index is 705. The highest BCUT2D eigenvalue weighted by Crippen LogP contribution is 2.28. The van der Waals surface area contributed by atoms with Gasteiger partial charge in [-0.15, -0.1) is 0 Å². The van der Waals surface area contributed by atoms with E-state index in [1.807, 2.05) is 0 Å². The Morgan fingerprint density at radius 1 is 1.25 bits per heavy atom. The predicted octanol–water partition coefficient (Wildman–Crippen LogP) is 2.64. The van der Waals surface area contributed by atoms with Crippen molar-refractivity contribution in [3.63, 3.8) is 0 Å². The molecule has 20 heavy (non-hydrogen) atoms. The molecule has 0 saturated carbocycles. The third kappa shape index (κ3) is 2.78. The first-order chi connectivity index (χ1) is 9.46. The topological polar surface area (TPSA) is 76.3 Å². The van der Waals surface area contributed by atoms with Gasteiger partial charge in [-0.25, -0.2) is 8.42 Å². The molecule has 0 aliphatic carbocycles. The molecule has 2 N–H and O–H groups in total. The molecule has 0 fully saturated rings. The summed E-state index contributed by atoms with van der Waals surface area (Å²) in [6, 6.07) is 8.03. The SMILES string of the molecule is CCN(c1ccncc1)S(=O)(=O)c1ccc(Br)cc1N. The molecule has 2 aromatic rings. The largest absolute Gasteiger partial charge is 0.398 e. The fourth-order valence-corrected chi connectivity index (χ4v) is 3.83. The van der Waals surface area contributed by atoms with Crippen molar-refractivity contribution in [1.82, 2.24) is 4.98 Å². The molecule has 1 heterocycles. The van der Waals surface area contributed by atoms with E-state index in [9.17, 15) is 8.42 Å². The zero-order valence-electron chi connectivity index (χ0n) is 10.8. The predicted molar refractivity (Wildman–Crippen MR) is 83.0 cm³/mol. The lowest BCUT2D eigenvalue weighted by atomic mass is 10.3. The number of pyridine rings is 1. The summed E-state index contributed by atoms with van der Waals surface area (Å²) in [6.07, 6.45) is 3.11. The Hall–Kier alpha value is -1.60. The zero-order valence-corrected chi connectivity index (χ0v) is 13.2. The molecule has 0 atom stereocenters. The first-order valence-electron chi connectivity index (χ1n) is 5.94. The molecule has 5 nitrogen and oxygen atoms in total. The Kier molecular flexibility index (Phi) is 4.29. The molecule has 106 valence electrons. The maximum absolute atomic E-state index is 12.7. The molecule has 0 radical (unpaired) electrons. The monoisotopic (exact) mass is 355 g/mol. The number of hydrogen-bond acceptors (Lipinski definition) is 4. The second-order valence-electron chi connectivity index (χ2n) is 4.06. The van der Waals surface area contributed by atoms with Crippen LogP contribution >= 0.6 is 15.9 Å². The second-order valence-corrected chi connectivity index (χ2v) is 6.80. The summed E-state index contributed by atoms with van der Waals surface area (Å²) in [5, 5.41) is 0. The molecule has 0 unspecified atom stereocenters. The van der Waals surface area contributed by atoms with E-state index in [4.69, 9.17) is 5.73 Å². The number of anilines is 2. The van der Waals surface area contributed by atoms with Crippen molar-refractivity contribution < 1.29 is 8.42 Å². The molecule has 0 spiro atoms. The van der Waals surface area contributed by atoms with Gasteiger partial charge < -0.3 is 5.73 Å². The van der Waals surface area contributed by atoms with Crippen molar-refractivity contribution in [2.75, 3.05) is 16.6 Å². The van der Waals surface area contributed by atoms with Crippen LogP contribution in [0.5, 0.6) is 0 Å². The zero-order chi connectivity index (χ0) is 14.8. The Morgan fingerprint density at radius 3 is 2.45 bits per heavy atom. The normalized spacial score (nSPS) is 11.3. The van der Waals surface area contributed by atoms with Crippen molar-refractivity contribution in [2.24, 2.45) is 0 Å². The van der Waals surface area contributed by atoms with Gasteiger partial charge in [0.2, 0.25) is 0 Å². The van der Waals surface area contributed by atoms with Gasteiger partial charge in [0.25, 0.3) is 10.0 Å². The van der Waals surface area contributed by atoms with Gasteiger partial charge in [0.1, 0.15) is 4.90 Å². The molecule has 1 aromatic heterocycles. The number of nitrogens with two attached hydrogens (primary N) is 1.